The number of nitrogens with one attached hydrogen (secondary N) is 1. The molecule has 1 aliphatic carbocycles. The molecule has 0 spiro atoms. The van der Waals surface area contributed by atoms with Crippen molar-refractivity contribution in [3.05, 3.63) is 12.2 Å². The minimum atomic E-state index is 0.0469. The summed E-state index contributed by atoms with van der Waals surface area (Å²) in [7, 11) is 0. The van der Waals surface area contributed by atoms with E-state index >= 15 is 0 Å². The Labute approximate surface area is 92.5 Å². The van der Waals surface area contributed by atoms with Gasteiger partial charge in [-0.25, -0.2) is 4.98 Å². The summed E-state index contributed by atoms with van der Waals surface area (Å²) in [6, 6.07) is 0. The Hall–Kier alpha value is -1.72. The molecular weight excluding hydrogens is 206 g/mol. The molecule has 0 saturated heterocycles. The number of hydrogen-bond donors (Lipinski definition) is 1. The normalized spacial score (nSPS) is 19.1. The Morgan fingerprint density at radius 3 is 2.88 bits per heavy atom. The maximum atomic E-state index is 5.33. The molecule has 16 heavy (non-hydrogen) atoms. The van der Waals surface area contributed by atoms with Crippen molar-refractivity contribution in [2.75, 3.05) is 0 Å². The number of aromatic nitrogens is 5. The van der Waals surface area contributed by atoms with Crippen LogP contribution in [0.4, 0.5) is 0 Å². The highest BCUT2D eigenvalue weighted by Gasteiger charge is 2.36. The summed E-state index contributed by atoms with van der Waals surface area (Å²) in [6.07, 6.45) is 6.13. The minimum Gasteiger partial charge on any atom is -0.338 e. The van der Waals surface area contributed by atoms with E-state index in [0.29, 0.717) is 11.6 Å². The van der Waals surface area contributed by atoms with Crippen LogP contribution in [0.1, 0.15) is 38.5 Å². The van der Waals surface area contributed by atoms with Crippen molar-refractivity contribution in [2.24, 2.45) is 0 Å². The third-order valence-electron chi connectivity index (χ3n) is 3.28. The number of rotatable bonds is 2. The van der Waals surface area contributed by atoms with Crippen molar-refractivity contribution in [1.29, 1.82) is 0 Å². The van der Waals surface area contributed by atoms with E-state index < -0.39 is 0 Å². The fourth-order valence-corrected chi connectivity index (χ4v) is 2.25. The van der Waals surface area contributed by atoms with Crippen LogP contribution >= 0.6 is 0 Å². The van der Waals surface area contributed by atoms with Gasteiger partial charge in [-0.1, -0.05) is 24.9 Å². The average molecular weight is 219 g/mol. The summed E-state index contributed by atoms with van der Waals surface area (Å²) >= 11 is 0. The van der Waals surface area contributed by atoms with Crippen LogP contribution in [0.3, 0.4) is 0 Å². The van der Waals surface area contributed by atoms with Crippen LogP contribution in [-0.2, 0) is 5.41 Å². The van der Waals surface area contributed by atoms with Crippen LogP contribution in [0.25, 0.3) is 11.6 Å². The van der Waals surface area contributed by atoms with Gasteiger partial charge in [-0.15, -0.1) is 0 Å². The third-order valence-corrected chi connectivity index (χ3v) is 3.28. The second-order valence-electron chi connectivity index (χ2n) is 4.52. The van der Waals surface area contributed by atoms with E-state index in [1.165, 1.54) is 19.2 Å². The molecule has 0 atom stereocenters. The molecular formula is C10H13N5O. The summed E-state index contributed by atoms with van der Waals surface area (Å²) in [5.74, 6) is 1.76. The van der Waals surface area contributed by atoms with Gasteiger partial charge in [-0.05, 0) is 12.8 Å². The lowest BCUT2D eigenvalue weighted by Crippen LogP contribution is -2.17. The SMILES string of the molecule is CC1(c2nc(-c3ncn[nH]3)no2)CCCC1. The number of nitrogens with zero attached hydrogens (tertiary/aromatic N) is 4. The lowest BCUT2D eigenvalue weighted by atomic mass is 9.89. The maximum absolute atomic E-state index is 5.33. The first-order chi connectivity index (χ1) is 7.78. The smallest absolute Gasteiger partial charge is 0.239 e. The van der Waals surface area contributed by atoms with E-state index in [4.69, 9.17) is 4.52 Å². The topological polar surface area (TPSA) is 80.5 Å². The zero-order valence-electron chi connectivity index (χ0n) is 9.10. The highest BCUT2D eigenvalue weighted by atomic mass is 16.5. The van der Waals surface area contributed by atoms with Gasteiger partial charge in [0.2, 0.25) is 11.7 Å². The molecule has 3 rings (SSSR count). The van der Waals surface area contributed by atoms with Crippen LogP contribution in [0, 0.1) is 0 Å². The van der Waals surface area contributed by atoms with Gasteiger partial charge in [0, 0.05) is 5.41 Å². The van der Waals surface area contributed by atoms with Gasteiger partial charge in [0.25, 0.3) is 0 Å². The van der Waals surface area contributed by atoms with Crippen LogP contribution < -0.4 is 0 Å². The van der Waals surface area contributed by atoms with Crippen molar-refractivity contribution in [2.45, 2.75) is 38.0 Å². The van der Waals surface area contributed by atoms with Gasteiger partial charge in [0.1, 0.15) is 6.33 Å². The van der Waals surface area contributed by atoms with Crippen LogP contribution in [0.2, 0.25) is 0 Å². The van der Waals surface area contributed by atoms with E-state index in [9.17, 15) is 0 Å². The van der Waals surface area contributed by atoms with Crippen LogP contribution in [0.5, 0.6) is 0 Å². The molecule has 6 nitrogen and oxygen atoms in total. The van der Waals surface area contributed by atoms with Crippen molar-refractivity contribution >= 4 is 0 Å². The first-order valence-corrected chi connectivity index (χ1v) is 5.48. The van der Waals surface area contributed by atoms with Gasteiger partial charge >= 0.3 is 0 Å². The van der Waals surface area contributed by atoms with E-state index in [1.54, 1.807) is 0 Å². The molecule has 2 heterocycles. The molecule has 6 heteroatoms. The Morgan fingerprint density at radius 1 is 1.38 bits per heavy atom. The average Bonchev–Trinajstić information content (AvgIpc) is 2.98. The predicted octanol–water partition coefficient (Wildman–Crippen LogP) is 1.69. The van der Waals surface area contributed by atoms with Crippen molar-refractivity contribution in [3.8, 4) is 11.6 Å². The largest absolute Gasteiger partial charge is 0.338 e. The molecule has 1 fully saturated rings. The fraction of sp³-hybridized carbons (Fsp3) is 0.600. The van der Waals surface area contributed by atoms with Gasteiger partial charge in [0.15, 0.2) is 5.82 Å². The summed E-state index contributed by atoms with van der Waals surface area (Å²) in [4.78, 5) is 8.39. The highest BCUT2D eigenvalue weighted by Crippen LogP contribution is 2.39. The van der Waals surface area contributed by atoms with E-state index in [-0.39, 0.29) is 5.41 Å². The van der Waals surface area contributed by atoms with Gasteiger partial charge in [-0.3, -0.25) is 5.10 Å². The van der Waals surface area contributed by atoms with Crippen LogP contribution in [-0.4, -0.2) is 25.3 Å². The van der Waals surface area contributed by atoms with Gasteiger partial charge in [-0.2, -0.15) is 10.1 Å². The summed E-state index contributed by atoms with van der Waals surface area (Å²) in [5.41, 5.74) is 0.0469. The zero-order chi connectivity index (χ0) is 11.0. The van der Waals surface area contributed by atoms with Crippen LogP contribution in [0.15, 0.2) is 10.9 Å². The Balaban J connectivity index is 1.93. The molecule has 2 aromatic heterocycles. The monoisotopic (exact) mass is 219 g/mol. The minimum absolute atomic E-state index is 0.0469. The first kappa shape index (κ1) is 9.50. The van der Waals surface area contributed by atoms with E-state index in [1.807, 2.05) is 0 Å². The molecule has 0 aliphatic heterocycles. The summed E-state index contributed by atoms with van der Waals surface area (Å²) in [6.45, 7) is 2.18. The lowest BCUT2D eigenvalue weighted by molar-refractivity contribution is 0.296. The van der Waals surface area contributed by atoms with Crippen molar-refractivity contribution in [3.63, 3.8) is 0 Å². The zero-order valence-corrected chi connectivity index (χ0v) is 9.10. The highest BCUT2D eigenvalue weighted by molar-refractivity contribution is 5.40. The second-order valence-corrected chi connectivity index (χ2v) is 4.52. The molecule has 0 radical (unpaired) electrons. The Bertz CT molecular complexity index is 469. The first-order valence-electron chi connectivity index (χ1n) is 5.48. The molecule has 0 bridgehead atoms. The van der Waals surface area contributed by atoms with Crippen molar-refractivity contribution < 1.29 is 4.52 Å². The number of aromatic amines is 1. The van der Waals surface area contributed by atoms with Gasteiger partial charge in [0.05, 0.1) is 0 Å². The molecule has 0 unspecified atom stereocenters. The Morgan fingerprint density at radius 2 is 2.19 bits per heavy atom. The number of H-pyrrole nitrogens is 1. The molecule has 1 saturated carbocycles. The molecule has 1 aliphatic rings. The van der Waals surface area contributed by atoms with E-state index in [0.717, 1.165) is 18.7 Å². The number of hydrogen-bond acceptors (Lipinski definition) is 5. The summed E-state index contributed by atoms with van der Waals surface area (Å²) in [5, 5.41) is 10.4. The van der Waals surface area contributed by atoms with Gasteiger partial charge < -0.3 is 4.52 Å². The molecule has 2 aromatic rings. The summed E-state index contributed by atoms with van der Waals surface area (Å²) < 4.78 is 5.33. The Kier molecular flexibility index (Phi) is 2.02. The molecule has 0 aromatic carbocycles. The fourth-order valence-electron chi connectivity index (χ4n) is 2.25. The van der Waals surface area contributed by atoms with Crippen molar-refractivity contribution in [1.82, 2.24) is 25.3 Å². The standard InChI is InChI=1S/C10H13N5O/c1-10(4-2-3-5-10)9-13-8(15-16-9)7-11-6-12-14-7/h6H,2-5H2,1H3,(H,11,12,14). The maximum Gasteiger partial charge on any atom is 0.239 e. The molecule has 1 N–H and O–H groups in total. The lowest BCUT2D eigenvalue weighted by Gasteiger charge is -2.16. The van der Waals surface area contributed by atoms with E-state index in [2.05, 4.69) is 32.2 Å². The predicted molar refractivity (Wildman–Crippen MR) is 55.5 cm³/mol. The third kappa shape index (κ3) is 1.41. The second kappa shape index (κ2) is 3.40. The molecule has 84 valence electrons. The molecule has 0 amide bonds. The quantitative estimate of drug-likeness (QED) is 0.831.